The molecule has 0 unspecified atom stereocenters. The van der Waals surface area contributed by atoms with E-state index in [4.69, 9.17) is 9.47 Å². The van der Waals surface area contributed by atoms with Gasteiger partial charge in [0.1, 0.15) is 0 Å². The standard InChI is InChI=1S/C16H16N2O3/c1-10-15-12(5-4-8-17-15)16(19)18(10)11-6-7-13(20-2)14(9-11)21-3/h4-9,19H,1-3H3. The molecular weight excluding hydrogens is 268 g/mol. The number of aromatic hydroxyl groups is 1. The van der Waals surface area contributed by atoms with Crippen molar-refractivity contribution in [2.45, 2.75) is 6.92 Å². The van der Waals surface area contributed by atoms with Gasteiger partial charge in [-0.2, -0.15) is 0 Å². The lowest BCUT2D eigenvalue weighted by molar-refractivity contribution is 0.354. The summed E-state index contributed by atoms with van der Waals surface area (Å²) in [6.45, 7) is 1.92. The predicted octanol–water partition coefficient (Wildman–Crippen LogP) is 3.06. The zero-order valence-electron chi connectivity index (χ0n) is 12.1. The summed E-state index contributed by atoms with van der Waals surface area (Å²) in [4.78, 5) is 4.33. The van der Waals surface area contributed by atoms with Crippen molar-refractivity contribution in [3.63, 3.8) is 0 Å². The van der Waals surface area contributed by atoms with E-state index in [2.05, 4.69) is 4.98 Å². The van der Waals surface area contributed by atoms with Crippen LogP contribution in [0.5, 0.6) is 17.4 Å². The highest BCUT2D eigenvalue weighted by molar-refractivity contribution is 5.88. The molecule has 0 saturated heterocycles. The summed E-state index contributed by atoms with van der Waals surface area (Å²) in [5.41, 5.74) is 2.45. The quantitative estimate of drug-likeness (QED) is 0.803. The highest BCUT2D eigenvalue weighted by Crippen LogP contribution is 2.35. The molecule has 3 rings (SSSR count). The summed E-state index contributed by atoms with van der Waals surface area (Å²) in [6, 6.07) is 9.16. The molecule has 21 heavy (non-hydrogen) atoms. The van der Waals surface area contributed by atoms with Crippen LogP contribution in [0.1, 0.15) is 5.69 Å². The van der Waals surface area contributed by atoms with Crippen LogP contribution in [0, 0.1) is 6.92 Å². The Labute approximate surface area is 122 Å². The van der Waals surface area contributed by atoms with Gasteiger partial charge in [0, 0.05) is 18.0 Å². The van der Waals surface area contributed by atoms with Crippen LogP contribution < -0.4 is 9.47 Å². The molecule has 0 spiro atoms. The third-order valence-electron chi connectivity index (χ3n) is 3.56. The maximum Gasteiger partial charge on any atom is 0.205 e. The van der Waals surface area contributed by atoms with Crippen LogP contribution >= 0.6 is 0 Å². The SMILES string of the molecule is COc1ccc(-n2c(O)c3cccnc3c2C)cc1OC. The normalized spacial score (nSPS) is 10.8. The van der Waals surface area contributed by atoms with Crippen LogP contribution in [0.2, 0.25) is 0 Å². The molecule has 0 atom stereocenters. The Balaban J connectivity index is 2.25. The topological polar surface area (TPSA) is 56.5 Å². The van der Waals surface area contributed by atoms with E-state index in [-0.39, 0.29) is 5.88 Å². The van der Waals surface area contributed by atoms with Crippen LogP contribution in [-0.4, -0.2) is 28.9 Å². The third kappa shape index (κ3) is 1.98. The molecular formula is C16H16N2O3. The molecule has 2 heterocycles. The maximum atomic E-state index is 10.5. The van der Waals surface area contributed by atoms with Crippen LogP contribution in [0.25, 0.3) is 16.6 Å². The third-order valence-corrected chi connectivity index (χ3v) is 3.56. The smallest absolute Gasteiger partial charge is 0.205 e. The lowest BCUT2D eigenvalue weighted by Crippen LogP contribution is -1.98. The molecule has 0 fully saturated rings. The van der Waals surface area contributed by atoms with Crippen molar-refractivity contribution in [3.8, 4) is 23.1 Å². The number of ether oxygens (including phenoxy) is 2. The Bertz CT molecular complexity index is 770. The van der Waals surface area contributed by atoms with E-state index in [1.54, 1.807) is 31.0 Å². The second-order valence-corrected chi connectivity index (χ2v) is 4.68. The van der Waals surface area contributed by atoms with Gasteiger partial charge in [-0.3, -0.25) is 9.55 Å². The summed E-state index contributed by atoms with van der Waals surface area (Å²) in [5, 5.41) is 11.2. The fourth-order valence-corrected chi connectivity index (χ4v) is 2.54. The zero-order valence-corrected chi connectivity index (χ0v) is 12.1. The lowest BCUT2D eigenvalue weighted by Gasteiger charge is -2.12. The molecule has 0 aliphatic carbocycles. The zero-order chi connectivity index (χ0) is 15.0. The van der Waals surface area contributed by atoms with Gasteiger partial charge in [-0.15, -0.1) is 0 Å². The molecule has 0 bridgehead atoms. The van der Waals surface area contributed by atoms with Crippen molar-refractivity contribution in [3.05, 3.63) is 42.2 Å². The van der Waals surface area contributed by atoms with E-state index < -0.39 is 0 Å². The molecule has 5 heteroatoms. The molecule has 0 amide bonds. The van der Waals surface area contributed by atoms with E-state index in [1.165, 1.54) is 0 Å². The number of methoxy groups -OCH3 is 2. The van der Waals surface area contributed by atoms with Crippen molar-refractivity contribution in [2.75, 3.05) is 14.2 Å². The van der Waals surface area contributed by atoms with E-state index >= 15 is 0 Å². The van der Waals surface area contributed by atoms with Crippen molar-refractivity contribution in [2.24, 2.45) is 0 Å². The molecule has 0 aliphatic rings. The largest absolute Gasteiger partial charge is 0.494 e. The summed E-state index contributed by atoms with van der Waals surface area (Å²) >= 11 is 0. The number of fused-ring (bicyclic) bond motifs is 1. The second-order valence-electron chi connectivity index (χ2n) is 4.68. The number of rotatable bonds is 3. The van der Waals surface area contributed by atoms with Crippen LogP contribution in [0.4, 0.5) is 0 Å². The minimum atomic E-state index is 0.169. The van der Waals surface area contributed by atoms with Gasteiger partial charge in [-0.1, -0.05) is 0 Å². The highest BCUT2D eigenvalue weighted by Gasteiger charge is 2.16. The van der Waals surface area contributed by atoms with Gasteiger partial charge in [0.2, 0.25) is 5.88 Å². The first-order valence-corrected chi connectivity index (χ1v) is 6.54. The number of aromatic nitrogens is 2. The van der Waals surface area contributed by atoms with Crippen LogP contribution in [0.3, 0.4) is 0 Å². The molecule has 0 aliphatic heterocycles. The maximum absolute atomic E-state index is 10.5. The monoisotopic (exact) mass is 284 g/mol. The van der Waals surface area contributed by atoms with E-state index in [0.29, 0.717) is 11.5 Å². The average molecular weight is 284 g/mol. The Kier molecular flexibility index (Phi) is 3.17. The Hall–Kier alpha value is -2.69. The summed E-state index contributed by atoms with van der Waals surface area (Å²) in [5.74, 6) is 1.43. The van der Waals surface area contributed by atoms with Gasteiger partial charge >= 0.3 is 0 Å². The van der Waals surface area contributed by atoms with E-state index in [0.717, 1.165) is 22.3 Å². The first-order valence-electron chi connectivity index (χ1n) is 6.54. The molecule has 5 nitrogen and oxygen atoms in total. The average Bonchev–Trinajstić information content (AvgIpc) is 2.78. The number of benzene rings is 1. The number of aryl methyl sites for hydroxylation is 1. The number of hydrogen-bond donors (Lipinski definition) is 1. The van der Waals surface area contributed by atoms with Gasteiger partial charge in [0.15, 0.2) is 11.5 Å². The first kappa shape index (κ1) is 13.3. The van der Waals surface area contributed by atoms with E-state index in [1.807, 2.05) is 31.2 Å². The minimum absolute atomic E-state index is 0.169. The van der Waals surface area contributed by atoms with Crippen LogP contribution in [-0.2, 0) is 0 Å². The van der Waals surface area contributed by atoms with Gasteiger partial charge in [0.05, 0.1) is 30.8 Å². The summed E-state index contributed by atoms with van der Waals surface area (Å²) in [7, 11) is 3.18. The predicted molar refractivity (Wildman–Crippen MR) is 80.6 cm³/mol. The van der Waals surface area contributed by atoms with Crippen LogP contribution in [0.15, 0.2) is 36.5 Å². The Morgan fingerprint density at radius 3 is 2.52 bits per heavy atom. The second kappa shape index (κ2) is 5.01. The van der Waals surface area contributed by atoms with Gasteiger partial charge in [0.25, 0.3) is 0 Å². The van der Waals surface area contributed by atoms with Crippen molar-refractivity contribution < 1.29 is 14.6 Å². The fraction of sp³-hybridized carbons (Fsp3) is 0.188. The molecule has 3 aromatic rings. The number of nitrogens with zero attached hydrogens (tertiary/aromatic N) is 2. The van der Waals surface area contributed by atoms with E-state index in [9.17, 15) is 5.11 Å². The molecule has 108 valence electrons. The molecule has 0 radical (unpaired) electrons. The molecule has 1 N–H and O–H groups in total. The molecule has 2 aromatic heterocycles. The molecule has 1 aromatic carbocycles. The van der Waals surface area contributed by atoms with Crippen molar-refractivity contribution >= 4 is 10.9 Å². The van der Waals surface area contributed by atoms with Crippen molar-refractivity contribution in [1.29, 1.82) is 0 Å². The highest BCUT2D eigenvalue weighted by atomic mass is 16.5. The van der Waals surface area contributed by atoms with Crippen molar-refractivity contribution in [1.82, 2.24) is 9.55 Å². The summed E-state index contributed by atoms with van der Waals surface area (Å²) in [6.07, 6.45) is 1.72. The lowest BCUT2D eigenvalue weighted by atomic mass is 10.2. The number of pyridine rings is 1. The fourth-order valence-electron chi connectivity index (χ4n) is 2.54. The number of hydrogen-bond acceptors (Lipinski definition) is 4. The molecule has 0 saturated carbocycles. The Morgan fingerprint density at radius 2 is 1.86 bits per heavy atom. The van der Waals surface area contributed by atoms with Gasteiger partial charge in [-0.05, 0) is 31.2 Å². The minimum Gasteiger partial charge on any atom is -0.494 e. The first-order chi connectivity index (χ1) is 10.2. The van der Waals surface area contributed by atoms with Gasteiger partial charge in [-0.25, -0.2) is 0 Å². The Morgan fingerprint density at radius 1 is 1.10 bits per heavy atom. The summed E-state index contributed by atoms with van der Waals surface area (Å²) < 4.78 is 12.3. The van der Waals surface area contributed by atoms with Gasteiger partial charge < -0.3 is 14.6 Å².